The van der Waals surface area contributed by atoms with Crippen LogP contribution in [0.5, 0.6) is 11.5 Å². The van der Waals surface area contributed by atoms with Crippen LogP contribution in [0.25, 0.3) is 6.08 Å². The van der Waals surface area contributed by atoms with E-state index in [1.54, 1.807) is 86.0 Å². The van der Waals surface area contributed by atoms with Crippen LogP contribution < -0.4 is 25.4 Å². The van der Waals surface area contributed by atoms with E-state index in [0.29, 0.717) is 40.6 Å². The van der Waals surface area contributed by atoms with E-state index >= 15 is 0 Å². The van der Waals surface area contributed by atoms with E-state index in [9.17, 15) is 14.4 Å². The lowest BCUT2D eigenvalue weighted by atomic mass is 10.1. The van der Waals surface area contributed by atoms with Crippen molar-refractivity contribution in [1.82, 2.24) is 5.32 Å². The molecule has 0 aromatic heterocycles. The van der Waals surface area contributed by atoms with E-state index in [2.05, 4.69) is 16.0 Å². The molecule has 0 bridgehead atoms. The van der Waals surface area contributed by atoms with Crippen molar-refractivity contribution in [2.24, 2.45) is 0 Å². The Bertz CT molecular complexity index is 1880. The van der Waals surface area contributed by atoms with Crippen molar-refractivity contribution >= 4 is 46.9 Å². The number of anilines is 2. The van der Waals surface area contributed by atoms with E-state index < -0.39 is 17.1 Å². The third-order valence-electron chi connectivity index (χ3n) is 7.09. The molecule has 0 radical (unpaired) electrons. The van der Waals surface area contributed by atoms with Crippen molar-refractivity contribution in [1.29, 1.82) is 0 Å². The standard InChI is InChI=1S/C39H35N3O5S/c1-3-47-35-20-11-10-19-33(35)41-39(45)36(28-13-6-4-7-14-28)48-32-18-12-17-30(26-32)40-38(44)34(25-27-21-23-31(46-2)24-22-27)42-37(43)29-15-8-5-9-16-29/h4-26,36H,3H2,1-2H3,(H,40,44)(H,41,45)(H,42,43)/b34-25+. The number of amides is 3. The molecule has 0 spiro atoms. The van der Waals surface area contributed by atoms with Crippen LogP contribution in [0.2, 0.25) is 0 Å². The average Bonchev–Trinajstić information content (AvgIpc) is 3.12. The van der Waals surface area contributed by atoms with Gasteiger partial charge in [-0.3, -0.25) is 14.4 Å². The van der Waals surface area contributed by atoms with E-state index in [4.69, 9.17) is 9.47 Å². The zero-order valence-electron chi connectivity index (χ0n) is 26.5. The molecule has 1 unspecified atom stereocenters. The van der Waals surface area contributed by atoms with E-state index in [0.717, 1.165) is 10.5 Å². The van der Waals surface area contributed by atoms with Gasteiger partial charge in [-0.25, -0.2) is 0 Å². The molecular weight excluding hydrogens is 623 g/mol. The molecule has 0 saturated carbocycles. The molecule has 8 nitrogen and oxygen atoms in total. The Hall–Kier alpha value is -5.80. The molecule has 0 fully saturated rings. The summed E-state index contributed by atoms with van der Waals surface area (Å²) in [7, 11) is 1.58. The first-order valence-corrected chi connectivity index (χ1v) is 16.2. The molecule has 0 aliphatic rings. The minimum Gasteiger partial charge on any atom is -0.497 e. The van der Waals surface area contributed by atoms with Gasteiger partial charge in [-0.1, -0.05) is 78.9 Å². The van der Waals surface area contributed by atoms with Gasteiger partial charge in [0.15, 0.2) is 0 Å². The van der Waals surface area contributed by atoms with Crippen LogP contribution in [0.1, 0.15) is 33.7 Å². The summed E-state index contributed by atoms with van der Waals surface area (Å²) in [6, 6.07) is 39.8. The second-order valence-electron chi connectivity index (χ2n) is 10.5. The van der Waals surface area contributed by atoms with Crippen molar-refractivity contribution in [3.8, 4) is 11.5 Å². The number of hydrogen-bond acceptors (Lipinski definition) is 6. The van der Waals surface area contributed by atoms with Crippen molar-refractivity contribution in [2.75, 3.05) is 24.4 Å². The first-order chi connectivity index (χ1) is 23.4. The third-order valence-corrected chi connectivity index (χ3v) is 8.33. The quantitative estimate of drug-likeness (QED) is 0.0876. The molecule has 5 rings (SSSR count). The van der Waals surface area contributed by atoms with Crippen LogP contribution >= 0.6 is 11.8 Å². The van der Waals surface area contributed by atoms with Gasteiger partial charge in [0.25, 0.3) is 11.8 Å². The highest BCUT2D eigenvalue weighted by Gasteiger charge is 2.24. The Morgan fingerprint density at radius 3 is 2.17 bits per heavy atom. The molecule has 0 heterocycles. The van der Waals surface area contributed by atoms with Crippen LogP contribution in [0.3, 0.4) is 0 Å². The molecule has 242 valence electrons. The molecule has 5 aromatic carbocycles. The van der Waals surface area contributed by atoms with Crippen LogP contribution in [0.15, 0.2) is 144 Å². The summed E-state index contributed by atoms with van der Waals surface area (Å²) >= 11 is 1.35. The highest BCUT2D eigenvalue weighted by atomic mass is 32.2. The number of hydrogen-bond donors (Lipinski definition) is 3. The molecule has 0 aliphatic heterocycles. The minimum atomic E-state index is -0.609. The van der Waals surface area contributed by atoms with Crippen LogP contribution in [-0.2, 0) is 9.59 Å². The smallest absolute Gasteiger partial charge is 0.272 e. The highest BCUT2D eigenvalue weighted by Crippen LogP contribution is 2.38. The fourth-order valence-corrected chi connectivity index (χ4v) is 5.82. The molecule has 3 N–H and O–H groups in total. The van der Waals surface area contributed by atoms with Crippen molar-refractivity contribution in [3.63, 3.8) is 0 Å². The summed E-state index contributed by atoms with van der Waals surface area (Å²) in [4.78, 5) is 41.2. The summed E-state index contributed by atoms with van der Waals surface area (Å²) in [5.41, 5.74) is 3.06. The maximum absolute atomic E-state index is 13.7. The molecule has 1 atom stereocenters. The first-order valence-electron chi connectivity index (χ1n) is 15.3. The van der Waals surface area contributed by atoms with Gasteiger partial charge in [0.1, 0.15) is 22.4 Å². The van der Waals surface area contributed by atoms with Crippen molar-refractivity contribution in [2.45, 2.75) is 17.1 Å². The number of thioether (sulfide) groups is 1. The predicted octanol–water partition coefficient (Wildman–Crippen LogP) is 7.98. The Morgan fingerprint density at radius 1 is 0.771 bits per heavy atom. The van der Waals surface area contributed by atoms with Crippen LogP contribution in [0, 0.1) is 0 Å². The molecule has 5 aromatic rings. The Balaban J connectivity index is 1.38. The van der Waals surface area contributed by atoms with Gasteiger partial charge in [0.2, 0.25) is 5.91 Å². The molecule has 48 heavy (non-hydrogen) atoms. The van der Waals surface area contributed by atoms with Crippen molar-refractivity contribution < 1.29 is 23.9 Å². The number of benzene rings is 5. The average molecular weight is 658 g/mol. The normalized spacial score (nSPS) is 11.6. The summed E-state index contributed by atoms with van der Waals surface area (Å²) in [5.74, 6) is 0.107. The maximum Gasteiger partial charge on any atom is 0.272 e. The lowest BCUT2D eigenvalue weighted by Gasteiger charge is -2.19. The number of carbonyl (C=O) groups is 3. The third kappa shape index (κ3) is 9.14. The number of ether oxygens (including phenoxy) is 2. The van der Waals surface area contributed by atoms with Gasteiger partial charge in [-0.15, -0.1) is 11.8 Å². The second kappa shape index (κ2) is 16.7. The lowest BCUT2D eigenvalue weighted by molar-refractivity contribution is -0.116. The second-order valence-corrected chi connectivity index (χ2v) is 11.6. The number of carbonyl (C=O) groups excluding carboxylic acids is 3. The summed E-state index contributed by atoms with van der Waals surface area (Å²) < 4.78 is 11.0. The monoisotopic (exact) mass is 657 g/mol. The van der Waals surface area contributed by atoms with Gasteiger partial charge in [0, 0.05) is 16.1 Å². The first kappa shape index (κ1) is 33.6. The number of nitrogens with one attached hydrogen (secondary N) is 3. The van der Waals surface area contributed by atoms with Gasteiger partial charge in [-0.2, -0.15) is 0 Å². The summed E-state index contributed by atoms with van der Waals surface area (Å²) in [6.07, 6.45) is 1.60. The fourth-order valence-electron chi connectivity index (χ4n) is 4.74. The lowest BCUT2D eigenvalue weighted by Crippen LogP contribution is -2.30. The van der Waals surface area contributed by atoms with Gasteiger partial charge in [-0.05, 0) is 78.7 Å². The van der Waals surface area contributed by atoms with E-state index in [1.165, 1.54) is 11.8 Å². The van der Waals surface area contributed by atoms with Gasteiger partial charge < -0.3 is 25.4 Å². The van der Waals surface area contributed by atoms with Gasteiger partial charge >= 0.3 is 0 Å². The Kier molecular flexibility index (Phi) is 11.7. The highest BCUT2D eigenvalue weighted by molar-refractivity contribution is 8.00. The zero-order valence-corrected chi connectivity index (χ0v) is 27.3. The summed E-state index contributed by atoms with van der Waals surface area (Å²) in [5, 5.41) is 8.09. The van der Waals surface area contributed by atoms with E-state index in [1.807, 2.05) is 67.6 Å². The fraction of sp³-hybridized carbons (Fsp3) is 0.103. The van der Waals surface area contributed by atoms with Crippen LogP contribution in [-0.4, -0.2) is 31.4 Å². The Morgan fingerprint density at radius 2 is 1.46 bits per heavy atom. The van der Waals surface area contributed by atoms with Crippen LogP contribution in [0.4, 0.5) is 11.4 Å². The Labute approximate surface area is 284 Å². The van der Waals surface area contributed by atoms with E-state index in [-0.39, 0.29) is 11.6 Å². The molecular formula is C39H35N3O5S. The molecule has 0 saturated heterocycles. The maximum atomic E-state index is 13.7. The number of methoxy groups -OCH3 is 1. The largest absolute Gasteiger partial charge is 0.497 e. The minimum absolute atomic E-state index is 0.0570. The summed E-state index contributed by atoms with van der Waals surface area (Å²) in [6.45, 7) is 2.36. The zero-order chi connectivity index (χ0) is 33.7. The number of rotatable bonds is 13. The van der Waals surface area contributed by atoms with Crippen molar-refractivity contribution in [3.05, 3.63) is 156 Å². The topological polar surface area (TPSA) is 106 Å². The van der Waals surface area contributed by atoms with Gasteiger partial charge in [0.05, 0.1) is 19.4 Å². The predicted molar refractivity (Wildman–Crippen MR) is 191 cm³/mol. The molecule has 9 heteroatoms. The molecule has 0 aliphatic carbocycles. The molecule has 3 amide bonds. The SMILES string of the molecule is CCOc1ccccc1NC(=O)C(Sc1cccc(NC(=O)/C(=C\c2ccc(OC)cc2)NC(=O)c2ccccc2)c1)c1ccccc1. The number of para-hydroxylation sites is 2.